The SMILES string of the molecule is CC(=O)N[C@@H]1[C@H](O[C@@H]2[C@@H](O)[C@@H](O)O[C@H](CO)[C@@H]2O)O[C@H](CS)[C@@H](O)[C@@H]1O. The minimum atomic E-state index is -1.74. The van der Waals surface area contributed by atoms with Crippen molar-refractivity contribution in [2.24, 2.45) is 0 Å². The number of aliphatic hydroxyl groups is 6. The molecular weight excluding hydrogens is 374 g/mol. The van der Waals surface area contributed by atoms with Crippen molar-refractivity contribution in [2.75, 3.05) is 12.4 Å². The van der Waals surface area contributed by atoms with Crippen LogP contribution in [0.4, 0.5) is 0 Å². The number of thiol groups is 1. The van der Waals surface area contributed by atoms with Gasteiger partial charge in [0.2, 0.25) is 5.91 Å². The highest BCUT2D eigenvalue weighted by molar-refractivity contribution is 7.80. The van der Waals surface area contributed by atoms with Crippen LogP contribution in [0.2, 0.25) is 0 Å². The van der Waals surface area contributed by atoms with E-state index >= 15 is 0 Å². The quantitative estimate of drug-likeness (QED) is 0.211. The van der Waals surface area contributed by atoms with E-state index in [9.17, 15) is 35.4 Å². The fourth-order valence-corrected chi connectivity index (χ4v) is 3.27. The van der Waals surface area contributed by atoms with Crippen LogP contribution in [-0.4, -0.2) is 110 Å². The van der Waals surface area contributed by atoms with Gasteiger partial charge in [0.25, 0.3) is 0 Å². The third-order valence-corrected chi connectivity index (χ3v) is 4.74. The second-order valence-electron chi connectivity index (χ2n) is 6.26. The van der Waals surface area contributed by atoms with E-state index < -0.39 is 73.9 Å². The summed E-state index contributed by atoms with van der Waals surface area (Å²) in [6, 6.07) is -1.22. The summed E-state index contributed by atoms with van der Waals surface area (Å²) in [6.45, 7) is 0.538. The number of rotatable bonds is 5. The molecule has 0 saturated carbocycles. The number of hydrogen-bond donors (Lipinski definition) is 8. The molecule has 2 aliphatic rings. The van der Waals surface area contributed by atoms with E-state index in [0.29, 0.717) is 0 Å². The van der Waals surface area contributed by atoms with Crippen molar-refractivity contribution in [3.63, 3.8) is 0 Å². The van der Waals surface area contributed by atoms with Crippen LogP contribution >= 0.6 is 12.6 Å². The first-order chi connectivity index (χ1) is 12.2. The summed E-state index contributed by atoms with van der Waals surface area (Å²) in [5.74, 6) is -0.518. The predicted molar refractivity (Wildman–Crippen MR) is 87.0 cm³/mol. The average molecular weight is 399 g/mol. The van der Waals surface area contributed by atoms with Crippen molar-refractivity contribution < 1.29 is 49.6 Å². The van der Waals surface area contributed by atoms with Crippen molar-refractivity contribution in [2.45, 2.75) is 68.3 Å². The molecule has 1 amide bonds. The minimum absolute atomic E-state index is 0.0195. The minimum Gasteiger partial charge on any atom is -0.394 e. The zero-order valence-electron chi connectivity index (χ0n) is 14.0. The number of amides is 1. The Bertz CT molecular complexity index is 485. The molecule has 0 aromatic carbocycles. The molecule has 0 aliphatic carbocycles. The smallest absolute Gasteiger partial charge is 0.217 e. The second kappa shape index (κ2) is 9.10. The maximum absolute atomic E-state index is 11.4. The monoisotopic (exact) mass is 399 g/mol. The predicted octanol–water partition coefficient (Wildman–Crippen LogP) is -4.32. The summed E-state index contributed by atoms with van der Waals surface area (Å²) in [5.41, 5.74) is 0. The summed E-state index contributed by atoms with van der Waals surface area (Å²) in [7, 11) is 0. The molecule has 0 aromatic rings. The Labute approximate surface area is 154 Å². The lowest BCUT2D eigenvalue weighted by molar-refractivity contribution is -0.338. The topological polar surface area (TPSA) is 178 Å². The molecule has 2 fully saturated rings. The fraction of sp³-hybridized carbons (Fsp3) is 0.929. The summed E-state index contributed by atoms with van der Waals surface area (Å²) in [6.07, 6.45) is -12.8. The van der Waals surface area contributed by atoms with Crippen LogP contribution in [0.15, 0.2) is 0 Å². The highest BCUT2D eigenvalue weighted by Crippen LogP contribution is 2.28. The van der Waals surface area contributed by atoms with Crippen molar-refractivity contribution in [1.82, 2.24) is 5.32 Å². The summed E-state index contributed by atoms with van der Waals surface area (Å²) in [4.78, 5) is 11.4. The van der Waals surface area contributed by atoms with Gasteiger partial charge in [-0.15, -0.1) is 0 Å². The van der Waals surface area contributed by atoms with Crippen molar-refractivity contribution in [1.29, 1.82) is 0 Å². The molecule has 7 N–H and O–H groups in total. The molecule has 26 heavy (non-hydrogen) atoms. The van der Waals surface area contributed by atoms with Crippen LogP contribution in [0.5, 0.6) is 0 Å². The lowest BCUT2D eigenvalue weighted by atomic mass is 9.96. The number of aliphatic hydroxyl groups excluding tert-OH is 6. The van der Waals surface area contributed by atoms with Crippen LogP contribution in [-0.2, 0) is 19.0 Å². The molecule has 0 bridgehead atoms. The Morgan fingerprint density at radius 1 is 1.04 bits per heavy atom. The van der Waals surface area contributed by atoms with Crippen LogP contribution in [0.3, 0.4) is 0 Å². The van der Waals surface area contributed by atoms with E-state index in [-0.39, 0.29) is 5.75 Å². The summed E-state index contributed by atoms with van der Waals surface area (Å²) >= 11 is 4.02. The van der Waals surface area contributed by atoms with Gasteiger partial charge in [0.15, 0.2) is 12.6 Å². The van der Waals surface area contributed by atoms with Crippen LogP contribution in [0, 0.1) is 0 Å². The molecule has 2 heterocycles. The van der Waals surface area contributed by atoms with Crippen molar-refractivity contribution >= 4 is 18.5 Å². The normalized spacial score (nSPS) is 46.8. The first-order valence-corrected chi connectivity index (χ1v) is 8.70. The summed E-state index contributed by atoms with van der Waals surface area (Å²) < 4.78 is 15.9. The molecule has 2 aliphatic heterocycles. The van der Waals surface area contributed by atoms with E-state index in [0.717, 1.165) is 0 Å². The molecular formula is C14H25NO10S. The zero-order valence-corrected chi connectivity index (χ0v) is 14.8. The molecule has 2 rings (SSSR count). The fourth-order valence-electron chi connectivity index (χ4n) is 2.97. The lowest BCUT2D eigenvalue weighted by Crippen LogP contribution is -2.67. The van der Waals surface area contributed by atoms with Gasteiger partial charge in [0.1, 0.15) is 42.7 Å². The molecule has 10 atom stereocenters. The standard InChI is InChI=1S/C14H25NO10S/c1-4(17)15-7-10(20)8(18)6(3-26)24-14(7)25-12-9(19)5(2-16)23-13(22)11(12)21/h5-14,16,18-22,26H,2-3H2,1H3,(H,15,17)/t5-,6-,7+,8-,9+,10-,11-,12+,13+,14+/m1/s1. The molecule has 0 radical (unpaired) electrons. The Kier molecular flexibility index (Phi) is 7.62. The van der Waals surface area contributed by atoms with Gasteiger partial charge in [-0.1, -0.05) is 0 Å². The molecule has 12 heteroatoms. The van der Waals surface area contributed by atoms with E-state index in [4.69, 9.17) is 14.2 Å². The van der Waals surface area contributed by atoms with Gasteiger partial charge in [-0.3, -0.25) is 4.79 Å². The largest absolute Gasteiger partial charge is 0.394 e. The number of carbonyl (C=O) groups is 1. The Morgan fingerprint density at radius 3 is 2.23 bits per heavy atom. The van der Waals surface area contributed by atoms with E-state index in [1.165, 1.54) is 6.92 Å². The zero-order chi connectivity index (χ0) is 19.6. The first-order valence-electron chi connectivity index (χ1n) is 8.06. The Hall–Kier alpha value is -0.540. The van der Waals surface area contributed by atoms with Gasteiger partial charge >= 0.3 is 0 Å². The van der Waals surface area contributed by atoms with E-state index in [1.54, 1.807) is 0 Å². The highest BCUT2D eigenvalue weighted by atomic mass is 32.1. The van der Waals surface area contributed by atoms with Gasteiger partial charge in [0.05, 0.1) is 12.7 Å². The number of carbonyl (C=O) groups excluding carboxylic acids is 1. The van der Waals surface area contributed by atoms with Gasteiger partial charge < -0.3 is 50.2 Å². The molecule has 0 unspecified atom stereocenters. The Morgan fingerprint density at radius 2 is 1.69 bits per heavy atom. The molecule has 0 spiro atoms. The van der Waals surface area contributed by atoms with Crippen LogP contribution in [0.25, 0.3) is 0 Å². The molecule has 2 saturated heterocycles. The average Bonchev–Trinajstić information content (AvgIpc) is 2.60. The van der Waals surface area contributed by atoms with Crippen LogP contribution < -0.4 is 5.32 Å². The van der Waals surface area contributed by atoms with E-state index in [2.05, 4.69) is 17.9 Å². The number of hydrogen-bond acceptors (Lipinski definition) is 11. The van der Waals surface area contributed by atoms with E-state index in [1.807, 2.05) is 0 Å². The van der Waals surface area contributed by atoms with Gasteiger partial charge in [-0.2, -0.15) is 12.6 Å². The third kappa shape index (κ3) is 4.47. The summed E-state index contributed by atoms with van der Waals surface area (Å²) in [5, 5.41) is 61.9. The maximum Gasteiger partial charge on any atom is 0.217 e. The molecule has 11 nitrogen and oxygen atoms in total. The Balaban J connectivity index is 2.22. The van der Waals surface area contributed by atoms with Gasteiger partial charge in [-0.05, 0) is 0 Å². The number of ether oxygens (including phenoxy) is 3. The second-order valence-corrected chi connectivity index (χ2v) is 6.63. The first kappa shape index (κ1) is 21.8. The molecule has 152 valence electrons. The number of nitrogens with one attached hydrogen (secondary N) is 1. The highest BCUT2D eigenvalue weighted by Gasteiger charge is 2.50. The van der Waals surface area contributed by atoms with Crippen LogP contribution in [0.1, 0.15) is 6.92 Å². The van der Waals surface area contributed by atoms with Crippen molar-refractivity contribution in [3.05, 3.63) is 0 Å². The maximum atomic E-state index is 11.4. The van der Waals surface area contributed by atoms with Gasteiger partial charge in [0, 0.05) is 12.7 Å². The lowest BCUT2D eigenvalue weighted by Gasteiger charge is -2.46. The molecule has 0 aromatic heterocycles. The third-order valence-electron chi connectivity index (χ3n) is 4.38. The van der Waals surface area contributed by atoms with Gasteiger partial charge in [-0.25, -0.2) is 0 Å². The van der Waals surface area contributed by atoms with Crippen molar-refractivity contribution in [3.8, 4) is 0 Å².